The summed E-state index contributed by atoms with van der Waals surface area (Å²) in [5.41, 5.74) is -4.87. The standard InChI is InChI=1S/C47H76N8O7S/c1-12-26-53(14-3)63(61,62)52-41(60)47(29-46(47,13-2)48-11)51-38(57)34-28-45(43(9,10)44(45)24-20-25-44)30-55(34)40(59)36(42(6,7)8)50-39(58)35(32-21-16-15-17-22-32)49-37(56)33-23-18-19-27-54(33)31(4)5/h11,13,31-36H,2,12,14-30H2,1,3-10H3,(H3-,49,50,51,52,56,57,58,60)/p+1/t33-,34-,35-,36+,45+,46-,47-/m0/s1. The maximum atomic E-state index is 15.4. The molecule has 2 saturated heterocycles. The summed E-state index contributed by atoms with van der Waals surface area (Å²) in [4.78, 5) is 81.3. The number of fused-ring (bicyclic) bond motifs is 1. The molecule has 0 aromatic carbocycles. The summed E-state index contributed by atoms with van der Waals surface area (Å²) < 4.78 is 30.2. The van der Waals surface area contributed by atoms with Crippen molar-refractivity contribution >= 4 is 39.7 Å². The maximum Gasteiger partial charge on any atom is 0.333 e. The van der Waals surface area contributed by atoms with E-state index in [2.05, 4.69) is 64.7 Å². The summed E-state index contributed by atoms with van der Waals surface area (Å²) in [6.07, 6.45) is 12.2. The molecular weight excluding hydrogens is 821 g/mol. The van der Waals surface area contributed by atoms with Gasteiger partial charge in [-0.1, -0.05) is 92.0 Å². The van der Waals surface area contributed by atoms with Gasteiger partial charge in [0, 0.05) is 37.2 Å². The van der Waals surface area contributed by atoms with E-state index in [1.54, 1.807) is 11.8 Å². The fourth-order valence-electron chi connectivity index (χ4n) is 12.6. The SMILES string of the molecule is C#[N+][C@@]1(C=C)C[C@]1(NC(=O)[C@@H]1C[C@@]2(CN1C(=O)[C@@H](NC(=O)[C@@H](NC(=O)[C@@H]1CCCCN1C(C)C)C1CCCCC1)C(C)(C)C)C(C)(C)C21CCC1)C(=O)NS(=O)(=O)N(CC)CCC. The monoisotopic (exact) mass is 898 g/mol. The first kappa shape index (κ1) is 48.9. The van der Waals surface area contributed by atoms with E-state index in [4.69, 9.17) is 6.57 Å². The van der Waals surface area contributed by atoms with Crippen LogP contribution in [0.3, 0.4) is 0 Å². The molecule has 6 aliphatic rings. The zero-order valence-electron chi connectivity index (χ0n) is 39.6. The molecule has 0 aromatic heterocycles. The van der Waals surface area contributed by atoms with Crippen LogP contribution in [-0.4, -0.2) is 120 Å². The molecule has 2 heterocycles. The molecule has 7 atom stereocenters. The first-order valence-electron chi connectivity index (χ1n) is 23.9. The molecule has 2 spiro atoms. The lowest BCUT2D eigenvalue weighted by Gasteiger charge is -2.40. The van der Waals surface area contributed by atoms with Gasteiger partial charge in [-0.3, -0.25) is 28.9 Å². The van der Waals surface area contributed by atoms with Crippen LogP contribution in [0.15, 0.2) is 12.7 Å². The fraction of sp³-hybridized carbons (Fsp3) is 0.830. The Bertz CT molecular complexity index is 1970. The number of likely N-dealkylation sites (tertiary alicyclic amines) is 2. The highest BCUT2D eigenvalue weighted by atomic mass is 32.2. The predicted molar refractivity (Wildman–Crippen MR) is 243 cm³/mol. The molecule has 4 N–H and O–H groups in total. The van der Waals surface area contributed by atoms with Gasteiger partial charge in [0.25, 0.3) is 12.5 Å². The lowest BCUT2D eigenvalue weighted by Crippen LogP contribution is -2.63. The average Bonchev–Trinajstić information content (AvgIpc) is 3.89. The lowest BCUT2D eigenvalue weighted by molar-refractivity contribution is -0.145. The Balaban J connectivity index is 1.31. The third-order valence-corrected chi connectivity index (χ3v) is 18.4. The quantitative estimate of drug-likeness (QED) is 0.158. The Morgan fingerprint density at radius 3 is 2.08 bits per heavy atom. The second-order valence-corrected chi connectivity index (χ2v) is 23.3. The Morgan fingerprint density at radius 2 is 1.57 bits per heavy atom. The number of amides is 5. The Morgan fingerprint density at radius 1 is 0.921 bits per heavy atom. The van der Waals surface area contributed by atoms with Crippen molar-refractivity contribution < 1.29 is 32.4 Å². The number of carbonyl (C=O) groups excluding carboxylic acids is 5. The van der Waals surface area contributed by atoms with E-state index >= 15 is 4.79 Å². The van der Waals surface area contributed by atoms with Gasteiger partial charge in [-0.25, -0.2) is 4.72 Å². The van der Waals surface area contributed by atoms with Crippen LogP contribution in [-0.2, 0) is 34.2 Å². The van der Waals surface area contributed by atoms with Crippen molar-refractivity contribution in [1.29, 1.82) is 0 Å². The number of hydrogen-bond donors (Lipinski definition) is 4. The number of nitrogens with one attached hydrogen (secondary N) is 4. The predicted octanol–water partition coefficient (Wildman–Crippen LogP) is 4.88. The van der Waals surface area contributed by atoms with Gasteiger partial charge in [0.05, 0.1) is 12.5 Å². The van der Waals surface area contributed by atoms with E-state index in [0.717, 1.165) is 75.1 Å². The number of carbonyl (C=O) groups is 5. The molecule has 4 saturated carbocycles. The van der Waals surface area contributed by atoms with Gasteiger partial charge in [-0.15, -0.1) is 0 Å². The molecular formula is C47H77N8O7S+. The maximum absolute atomic E-state index is 15.4. The average molecular weight is 898 g/mol. The van der Waals surface area contributed by atoms with Crippen molar-refractivity contribution in [2.75, 3.05) is 26.2 Å². The van der Waals surface area contributed by atoms with Gasteiger partial charge in [-0.05, 0) is 93.9 Å². The van der Waals surface area contributed by atoms with Crippen molar-refractivity contribution in [3.63, 3.8) is 0 Å². The molecule has 4 aliphatic carbocycles. The van der Waals surface area contributed by atoms with Gasteiger partial charge in [-0.2, -0.15) is 12.7 Å². The largest absolute Gasteiger partial charge is 0.343 e. The molecule has 0 radical (unpaired) electrons. The highest BCUT2D eigenvalue weighted by Crippen LogP contribution is 2.88. The second-order valence-electron chi connectivity index (χ2n) is 21.6. The lowest BCUT2D eigenvalue weighted by atomic mass is 9.73. The summed E-state index contributed by atoms with van der Waals surface area (Å²) in [5.74, 6) is -2.72. The molecule has 352 valence electrons. The van der Waals surface area contributed by atoms with Crippen LogP contribution < -0.4 is 20.7 Å². The minimum absolute atomic E-state index is 0.0730. The van der Waals surface area contributed by atoms with Crippen molar-refractivity contribution in [2.24, 2.45) is 27.6 Å². The van der Waals surface area contributed by atoms with Gasteiger partial charge >= 0.3 is 15.7 Å². The van der Waals surface area contributed by atoms with E-state index in [-0.39, 0.29) is 60.8 Å². The first-order valence-corrected chi connectivity index (χ1v) is 25.3. The van der Waals surface area contributed by atoms with E-state index in [1.165, 1.54) is 6.08 Å². The molecule has 6 rings (SSSR count). The topological polar surface area (TPSA) is 182 Å². The van der Waals surface area contributed by atoms with E-state index in [9.17, 15) is 27.6 Å². The van der Waals surface area contributed by atoms with Crippen LogP contribution in [0.5, 0.6) is 0 Å². The zero-order chi connectivity index (χ0) is 46.6. The summed E-state index contributed by atoms with van der Waals surface area (Å²) >= 11 is 0. The van der Waals surface area contributed by atoms with Crippen LogP contribution in [0.2, 0.25) is 0 Å². The van der Waals surface area contributed by atoms with E-state index in [1.807, 2.05) is 27.7 Å². The van der Waals surface area contributed by atoms with Gasteiger partial charge in [0.15, 0.2) is 0 Å². The van der Waals surface area contributed by atoms with Crippen LogP contribution in [0, 0.1) is 34.2 Å². The minimum atomic E-state index is -4.30. The van der Waals surface area contributed by atoms with Crippen LogP contribution >= 0.6 is 0 Å². The van der Waals surface area contributed by atoms with Crippen molar-refractivity contribution in [3.05, 3.63) is 17.5 Å². The third kappa shape index (κ3) is 8.23. The van der Waals surface area contributed by atoms with Crippen molar-refractivity contribution in [2.45, 2.75) is 193 Å². The van der Waals surface area contributed by atoms with Crippen LogP contribution in [0.25, 0.3) is 4.85 Å². The molecule has 5 amide bonds. The normalized spacial score (nSPS) is 31.1. The van der Waals surface area contributed by atoms with Crippen molar-refractivity contribution in [3.8, 4) is 6.57 Å². The van der Waals surface area contributed by atoms with Gasteiger partial charge in [0.2, 0.25) is 29.2 Å². The Labute approximate surface area is 377 Å². The molecule has 0 aromatic rings. The molecule has 6 fully saturated rings. The molecule has 0 unspecified atom stereocenters. The van der Waals surface area contributed by atoms with Crippen LogP contribution in [0.4, 0.5) is 0 Å². The summed E-state index contributed by atoms with van der Waals surface area (Å²) in [5, 5.41) is 9.22. The summed E-state index contributed by atoms with van der Waals surface area (Å²) in [7, 11) is -4.30. The van der Waals surface area contributed by atoms with Gasteiger partial charge < -0.3 is 20.9 Å². The molecule has 16 heteroatoms. The highest BCUT2D eigenvalue weighted by molar-refractivity contribution is 7.87. The minimum Gasteiger partial charge on any atom is -0.343 e. The highest BCUT2D eigenvalue weighted by Gasteiger charge is 2.86. The smallest absolute Gasteiger partial charge is 0.333 e. The number of piperidine rings is 1. The van der Waals surface area contributed by atoms with Crippen molar-refractivity contribution in [1.82, 2.24) is 34.8 Å². The number of nitrogens with zero attached hydrogens (tertiary/aromatic N) is 4. The number of rotatable bonds is 16. The molecule has 0 bridgehead atoms. The van der Waals surface area contributed by atoms with E-state index in [0.29, 0.717) is 19.3 Å². The third-order valence-electron chi connectivity index (χ3n) is 16.8. The summed E-state index contributed by atoms with van der Waals surface area (Å²) in [6, 6.07) is -3.15. The summed E-state index contributed by atoms with van der Waals surface area (Å²) in [6.45, 7) is 28.8. The zero-order valence-corrected chi connectivity index (χ0v) is 40.4. The number of hydrogen-bond acceptors (Lipinski definition) is 8. The fourth-order valence-corrected chi connectivity index (χ4v) is 13.9. The molecule has 15 nitrogen and oxygen atoms in total. The van der Waals surface area contributed by atoms with Gasteiger partial charge in [0.1, 0.15) is 18.1 Å². The molecule has 63 heavy (non-hydrogen) atoms. The van der Waals surface area contributed by atoms with E-state index < -0.39 is 73.9 Å². The Hall–Kier alpha value is -3.55. The first-order chi connectivity index (χ1) is 29.5. The Kier molecular flexibility index (Phi) is 13.7. The van der Waals surface area contributed by atoms with Crippen LogP contribution in [0.1, 0.15) is 152 Å². The molecule has 2 aliphatic heterocycles. The second kappa shape index (κ2) is 17.7.